The van der Waals surface area contributed by atoms with Crippen LogP contribution >= 0.6 is 0 Å². The first-order valence-electron chi connectivity index (χ1n) is 5.91. The van der Waals surface area contributed by atoms with Crippen molar-refractivity contribution >= 4 is 5.91 Å². The van der Waals surface area contributed by atoms with E-state index in [1.165, 1.54) is 24.2 Å². The van der Waals surface area contributed by atoms with E-state index >= 15 is 0 Å². The van der Waals surface area contributed by atoms with Gasteiger partial charge in [0.1, 0.15) is 0 Å². The number of nitrogens with zero attached hydrogens (tertiary/aromatic N) is 3. The van der Waals surface area contributed by atoms with Crippen molar-refractivity contribution in [3.63, 3.8) is 0 Å². The van der Waals surface area contributed by atoms with Crippen LogP contribution in [0.3, 0.4) is 0 Å². The van der Waals surface area contributed by atoms with Crippen LogP contribution in [0.2, 0.25) is 0 Å². The van der Waals surface area contributed by atoms with Crippen LogP contribution in [0.5, 0.6) is 0 Å². The van der Waals surface area contributed by atoms with Crippen LogP contribution in [-0.4, -0.2) is 34.5 Å². The standard InChI is InChI=1S/C12H19N3O/c1-14(2)12(16)7-8-15-9-13-10-5-3-4-6-11(10)15/h9H,3-8H2,1-2H3. The van der Waals surface area contributed by atoms with Gasteiger partial charge in [-0.05, 0) is 25.7 Å². The van der Waals surface area contributed by atoms with E-state index in [-0.39, 0.29) is 5.91 Å². The molecule has 0 saturated heterocycles. The second-order valence-electron chi connectivity index (χ2n) is 4.58. The zero-order valence-electron chi connectivity index (χ0n) is 10.1. The Bertz CT molecular complexity index is 382. The summed E-state index contributed by atoms with van der Waals surface area (Å²) in [6, 6.07) is 0. The van der Waals surface area contributed by atoms with E-state index in [1.807, 2.05) is 6.33 Å². The number of hydrogen-bond acceptors (Lipinski definition) is 2. The molecule has 88 valence electrons. The van der Waals surface area contributed by atoms with Crippen LogP contribution in [0.25, 0.3) is 0 Å². The number of imidazole rings is 1. The van der Waals surface area contributed by atoms with E-state index in [9.17, 15) is 4.79 Å². The number of carbonyl (C=O) groups is 1. The molecule has 16 heavy (non-hydrogen) atoms. The Labute approximate surface area is 96.3 Å². The zero-order chi connectivity index (χ0) is 11.5. The van der Waals surface area contributed by atoms with Crippen molar-refractivity contribution in [3.8, 4) is 0 Å². The van der Waals surface area contributed by atoms with Gasteiger partial charge in [0.2, 0.25) is 5.91 Å². The Balaban J connectivity index is 2.00. The number of aryl methyl sites for hydroxylation is 2. The lowest BCUT2D eigenvalue weighted by Crippen LogP contribution is -2.23. The van der Waals surface area contributed by atoms with Crippen LogP contribution in [-0.2, 0) is 24.2 Å². The lowest BCUT2D eigenvalue weighted by atomic mass is 10.0. The van der Waals surface area contributed by atoms with Gasteiger partial charge in [-0.3, -0.25) is 4.79 Å². The Morgan fingerprint density at radius 1 is 1.44 bits per heavy atom. The van der Waals surface area contributed by atoms with E-state index in [0.29, 0.717) is 6.42 Å². The number of carbonyl (C=O) groups excluding carboxylic acids is 1. The summed E-state index contributed by atoms with van der Waals surface area (Å²) in [4.78, 5) is 17.6. The Hall–Kier alpha value is -1.32. The van der Waals surface area contributed by atoms with Gasteiger partial charge in [0.15, 0.2) is 0 Å². The van der Waals surface area contributed by atoms with Crippen molar-refractivity contribution < 1.29 is 4.79 Å². The molecule has 0 spiro atoms. The van der Waals surface area contributed by atoms with Crippen molar-refractivity contribution in [3.05, 3.63) is 17.7 Å². The third-order valence-corrected chi connectivity index (χ3v) is 3.18. The average molecular weight is 221 g/mol. The molecular formula is C12H19N3O. The molecule has 0 bridgehead atoms. The minimum absolute atomic E-state index is 0.179. The topological polar surface area (TPSA) is 38.1 Å². The summed E-state index contributed by atoms with van der Waals surface area (Å²) in [6.07, 6.45) is 7.17. The summed E-state index contributed by atoms with van der Waals surface area (Å²) >= 11 is 0. The highest BCUT2D eigenvalue weighted by molar-refractivity contribution is 5.75. The third kappa shape index (κ3) is 2.26. The van der Waals surface area contributed by atoms with Gasteiger partial charge in [0.25, 0.3) is 0 Å². The molecule has 1 aromatic heterocycles. The first-order chi connectivity index (χ1) is 7.68. The normalized spacial score (nSPS) is 14.6. The maximum Gasteiger partial charge on any atom is 0.223 e. The quantitative estimate of drug-likeness (QED) is 0.770. The average Bonchev–Trinajstić information content (AvgIpc) is 2.69. The molecular weight excluding hydrogens is 202 g/mol. The minimum Gasteiger partial charge on any atom is -0.349 e. The Kier molecular flexibility index (Phi) is 3.27. The largest absolute Gasteiger partial charge is 0.349 e. The highest BCUT2D eigenvalue weighted by atomic mass is 16.2. The molecule has 1 heterocycles. The van der Waals surface area contributed by atoms with Crippen LogP contribution in [0.15, 0.2) is 6.33 Å². The fourth-order valence-corrected chi connectivity index (χ4v) is 2.16. The summed E-state index contributed by atoms with van der Waals surface area (Å²) in [6.45, 7) is 0.763. The van der Waals surface area contributed by atoms with E-state index in [2.05, 4.69) is 9.55 Å². The monoisotopic (exact) mass is 221 g/mol. The van der Waals surface area contributed by atoms with Gasteiger partial charge in [-0.2, -0.15) is 0 Å². The van der Waals surface area contributed by atoms with Gasteiger partial charge in [0, 0.05) is 32.8 Å². The third-order valence-electron chi connectivity index (χ3n) is 3.18. The van der Waals surface area contributed by atoms with Crippen molar-refractivity contribution in [2.75, 3.05) is 14.1 Å². The van der Waals surface area contributed by atoms with Gasteiger partial charge in [-0.1, -0.05) is 0 Å². The number of rotatable bonds is 3. The lowest BCUT2D eigenvalue weighted by molar-refractivity contribution is -0.128. The first-order valence-corrected chi connectivity index (χ1v) is 5.91. The molecule has 1 aliphatic rings. The molecule has 0 N–H and O–H groups in total. The number of hydrogen-bond donors (Lipinski definition) is 0. The van der Waals surface area contributed by atoms with Crippen molar-refractivity contribution in [2.45, 2.75) is 38.6 Å². The van der Waals surface area contributed by atoms with E-state index < -0.39 is 0 Å². The van der Waals surface area contributed by atoms with Crippen LogP contribution in [0, 0.1) is 0 Å². The second kappa shape index (κ2) is 4.68. The molecule has 0 atom stereocenters. The van der Waals surface area contributed by atoms with Gasteiger partial charge < -0.3 is 9.47 Å². The van der Waals surface area contributed by atoms with Gasteiger partial charge in [-0.15, -0.1) is 0 Å². The van der Waals surface area contributed by atoms with Gasteiger partial charge in [0.05, 0.1) is 12.0 Å². The van der Waals surface area contributed by atoms with E-state index in [4.69, 9.17) is 0 Å². The van der Waals surface area contributed by atoms with Crippen LogP contribution < -0.4 is 0 Å². The molecule has 1 aromatic rings. The summed E-state index contributed by atoms with van der Waals surface area (Å²) in [7, 11) is 3.59. The zero-order valence-corrected chi connectivity index (χ0v) is 10.1. The molecule has 2 rings (SSSR count). The van der Waals surface area contributed by atoms with Crippen molar-refractivity contribution in [1.82, 2.24) is 14.5 Å². The van der Waals surface area contributed by atoms with Gasteiger partial charge >= 0.3 is 0 Å². The molecule has 1 aliphatic carbocycles. The van der Waals surface area contributed by atoms with Crippen molar-refractivity contribution in [1.29, 1.82) is 0 Å². The van der Waals surface area contributed by atoms with Crippen LogP contribution in [0.1, 0.15) is 30.7 Å². The fourth-order valence-electron chi connectivity index (χ4n) is 2.16. The maximum absolute atomic E-state index is 11.5. The SMILES string of the molecule is CN(C)C(=O)CCn1cnc2c1CCCC2. The lowest BCUT2D eigenvalue weighted by Gasteiger charge is -2.15. The highest BCUT2D eigenvalue weighted by Gasteiger charge is 2.15. The summed E-state index contributed by atoms with van der Waals surface area (Å²) in [5.41, 5.74) is 2.58. The Morgan fingerprint density at radius 2 is 2.19 bits per heavy atom. The first kappa shape index (κ1) is 11.2. The van der Waals surface area contributed by atoms with Gasteiger partial charge in [-0.25, -0.2) is 4.98 Å². The summed E-state index contributed by atoms with van der Waals surface area (Å²) < 4.78 is 2.15. The number of amides is 1. The number of aromatic nitrogens is 2. The molecule has 4 nitrogen and oxygen atoms in total. The molecule has 0 radical (unpaired) electrons. The molecule has 0 fully saturated rings. The summed E-state index contributed by atoms with van der Waals surface area (Å²) in [5.74, 6) is 0.179. The molecule has 0 aliphatic heterocycles. The van der Waals surface area contributed by atoms with E-state index in [1.54, 1.807) is 19.0 Å². The molecule has 0 saturated carbocycles. The van der Waals surface area contributed by atoms with E-state index in [0.717, 1.165) is 19.4 Å². The number of fused-ring (bicyclic) bond motifs is 1. The van der Waals surface area contributed by atoms with Crippen molar-refractivity contribution in [2.24, 2.45) is 0 Å². The highest BCUT2D eigenvalue weighted by Crippen LogP contribution is 2.19. The second-order valence-corrected chi connectivity index (χ2v) is 4.58. The molecule has 0 unspecified atom stereocenters. The molecule has 4 heteroatoms. The molecule has 0 aromatic carbocycles. The fraction of sp³-hybridized carbons (Fsp3) is 0.667. The molecule has 1 amide bonds. The minimum atomic E-state index is 0.179. The predicted octanol–water partition coefficient (Wildman–Crippen LogP) is 1.24. The smallest absolute Gasteiger partial charge is 0.223 e. The Morgan fingerprint density at radius 3 is 2.94 bits per heavy atom. The van der Waals surface area contributed by atoms with Crippen LogP contribution in [0.4, 0.5) is 0 Å². The summed E-state index contributed by atoms with van der Waals surface area (Å²) in [5, 5.41) is 0. The predicted molar refractivity (Wildman–Crippen MR) is 62.2 cm³/mol. The maximum atomic E-state index is 11.5.